The summed E-state index contributed by atoms with van der Waals surface area (Å²) in [6.07, 6.45) is 0. The highest BCUT2D eigenvalue weighted by molar-refractivity contribution is 8.13. The van der Waals surface area contributed by atoms with Gasteiger partial charge in [0.25, 0.3) is 9.05 Å². The Bertz CT molecular complexity index is 496. The van der Waals surface area contributed by atoms with Crippen LogP contribution in [0.25, 0.3) is 0 Å². The molecule has 86 valence electrons. The van der Waals surface area contributed by atoms with Crippen LogP contribution in [-0.4, -0.2) is 26.7 Å². The number of aliphatic hydroxyl groups excluding tert-OH is 1. The molecule has 1 N–H and O–H groups in total. The maximum atomic E-state index is 10.9. The van der Waals surface area contributed by atoms with Gasteiger partial charge in [0.15, 0.2) is 0 Å². The first-order chi connectivity index (χ1) is 7.54. The predicted octanol–water partition coefficient (Wildman–Crippen LogP) is 0.989. The Morgan fingerprint density at radius 2 is 1.88 bits per heavy atom. The Kier molecular flexibility index (Phi) is 4.62. The van der Waals surface area contributed by atoms with Crippen molar-refractivity contribution < 1.29 is 18.3 Å². The van der Waals surface area contributed by atoms with Gasteiger partial charge in [-0.1, -0.05) is 11.8 Å². The van der Waals surface area contributed by atoms with E-state index in [1.165, 1.54) is 24.3 Å². The lowest BCUT2D eigenvalue weighted by Crippen LogP contribution is -1.95. The number of rotatable bonds is 3. The summed E-state index contributed by atoms with van der Waals surface area (Å²) in [5.41, 5.74) is 0. The quantitative estimate of drug-likeness (QED) is 0.650. The minimum atomic E-state index is -3.69. The highest BCUT2D eigenvalue weighted by Gasteiger charge is 2.08. The van der Waals surface area contributed by atoms with E-state index < -0.39 is 9.05 Å². The Hall–Kier alpha value is -1.22. The van der Waals surface area contributed by atoms with E-state index in [0.717, 1.165) is 0 Å². The molecule has 16 heavy (non-hydrogen) atoms. The maximum Gasteiger partial charge on any atom is 0.261 e. The van der Waals surface area contributed by atoms with Crippen LogP contribution in [0.2, 0.25) is 0 Å². The average Bonchev–Trinajstić information content (AvgIpc) is 2.24. The highest BCUT2D eigenvalue weighted by atomic mass is 35.7. The molecule has 6 heteroatoms. The largest absolute Gasteiger partial charge is 0.481 e. The molecule has 1 aromatic rings. The zero-order valence-corrected chi connectivity index (χ0v) is 9.75. The molecule has 0 unspecified atom stereocenters. The SMILES string of the molecule is O=S(=O)(Cl)c1ccc(OCC#CCO)cc1. The fourth-order valence-corrected chi connectivity index (χ4v) is 1.69. The van der Waals surface area contributed by atoms with Crippen LogP contribution in [0.5, 0.6) is 5.75 Å². The second-order valence-corrected chi connectivity index (χ2v) is 5.28. The zero-order valence-electron chi connectivity index (χ0n) is 8.18. The fourth-order valence-electron chi connectivity index (χ4n) is 0.925. The number of halogens is 1. The molecule has 1 aromatic carbocycles. The van der Waals surface area contributed by atoms with Crippen molar-refractivity contribution in [3.63, 3.8) is 0 Å². The first kappa shape index (κ1) is 12.8. The first-order valence-electron chi connectivity index (χ1n) is 4.28. The van der Waals surface area contributed by atoms with Crippen molar-refractivity contribution in [1.82, 2.24) is 0 Å². The van der Waals surface area contributed by atoms with Crippen molar-refractivity contribution in [2.75, 3.05) is 13.2 Å². The summed E-state index contributed by atoms with van der Waals surface area (Å²) in [6, 6.07) is 5.65. The summed E-state index contributed by atoms with van der Waals surface area (Å²) >= 11 is 0. The molecule has 0 aromatic heterocycles. The molecule has 0 fully saturated rings. The standard InChI is InChI=1S/C10H9ClO4S/c11-16(13,14)10-5-3-9(4-6-10)15-8-2-1-7-12/h3-6,12H,7-8H2. The Labute approximate surface area is 98.2 Å². The van der Waals surface area contributed by atoms with Crippen LogP contribution in [0, 0.1) is 11.8 Å². The minimum Gasteiger partial charge on any atom is -0.481 e. The Morgan fingerprint density at radius 1 is 1.25 bits per heavy atom. The summed E-state index contributed by atoms with van der Waals surface area (Å²) in [5, 5.41) is 8.38. The topological polar surface area (TPSA) is 63.6 Å². The first-order valence-corrected chi connectivity index (χ1v) is 6.59. The van der Waals surface area contributed by atoms with Crippen molar-refractivity contribution in [3.05, 3.63) is 24.3 Å². The van der Waals surface area contributed by atoms with Crippen LogP contribution in [-0.2, 0) is 9.05 Å². The molecule has 0 bridgehead atoms. The smallest absolute Gasteiger partial charge is 0.261 e. The normalized spacial score (nSPS) is 10.4. The third kappa shape index (κ3) is 4.11. The van der Waals surface area contributed by atoms with Crippen LogP contribution < -0.4 is 4.74 Å². The van der Waals surface area contributed by atoms with Gasteiger partial charge in [0.1, 0.15) is 19.0 Å². The van der Waals surface area contributed by atoms with Crippen molar-refractivity contribution >= 4 is 19.7 Å². The number of ether oxygens (including phenoxy) is 1. The molecule has 0 aliphatic heterocycles. The van der Waals surface area contributed by atoms with Gasteiger partial charge in [-0.15, -0.1) is 0 Å². The molecule has 4 nitrogen and oxygen atoms in total. The van der Waals surface area contributed by atoms with E-state index in [1.54, 1.807) is 0 Å². The zero-order chi connectivity index (χ0) is 12.0. The van der Waals surface area contributed by atoms with Crippen molar-refractivity contribution in [1.29, 1.82) is 0 Å². The van der Waals surface area contributed by atoms with E-state index in [2.05, 4.69) is 11.8 Å². The van der Waals surface area contributed by atoms with Crippen LogP contribution in [0.15, 0.2) is 29.2 Å². The van der Waals surface area contributed by atoms with Gasteiger partial charge in [0.05, 0.1) is 4.90 Å². The maximum absolute atomic E-state index is 10.9. The molecule has 0 aliphatic rings. The summed E-state index contributed by atoms with van der Waals surface area (Å²) in [6.45, 7) is -0.0830. The number of hydrogen-bond acceptors (Lipinski definition) is 4. The van der Waals surface area contributed by atoms with E-state index in [4.69, 9.17) is 20.5 Å². The number of benzene rings is 1. The Balaban J connectivity index is 2.66. The molecule has 0 radical (unpaired) electrons. The van der Waals surface area contributed by atoms with Gasteiger partial charge in [-0.2, -0.15) is 0 Å². The second-order valence-electron chi connectivity index (χ2n) is 2.71. The molecular formula is C10H9ClO4S. The van der Waals surface area contributed by atoms with E-state index in [1.807, 2.05) is 0 Å². The molecule has 0 spiro atoms. The van der Waals surface area contributed by atoms with Gasteiger partial charge in [0.2, 0.25) is 0 Å². The van der Waals surface area contributed by atoms with Crippen molar-refractivity contribution in [3.8, 4) is 17.6 Å². The summed E-state index contributed by atoms with van der Waals surface area (Å²) in [4.78, 5) is 0.0166. The van der Waals surface area contributed by atoms with E-state index in [-0.39, 0.29) is 18.1 Å². The molecule has 0 atom stereocenters. The molecule has 0 amide bonds. The van der Waals surface area contributed by atoms with Crippen molar-refractivity contribution in [2.45, 2.75) is 4.90 Å². The van der Waals surface area contributed by atoms with E-state index in [0.29, 0.717) is 5.75 Å². The lowest BCUT2D eigenvalue weighted by atomic mass is 10.3. The van der Waals surface area contributed by atoms with Crippen molar-refractivity contribution in [2.24, 2.45) is 0 Å². The average molecular weight is 261 g/mol. The van der Waals surface area contributed by atoms with Gasteiger partial charge in [-0.3, -0.25) is 0 Å². The van der Waals surface area contributed by atoms with Crippen LogP contribution in [0.1, 0.15) is 0 Å². The summed E-state index contributed by atoms with van der Waals surface area (Å²) in [5.74, 6) is 5.46. The van der Waals surface area contributed by atoms with E-state index in [9.17, 15) is 8.42 Å². The third-order valence-electron chi connectivity index (χ3n) is 1.62. The molecule has 0 saturated carbocycles. The van der Waals surface area contributed by atoms with Gasteiger partial charge in [0, 0.05) is 10.7 Å². The third-order valence-corrected chi connectivity index (χ3v) is 2.99. The number of aliphatic hydroxyl groups is 1. The lowest BCUT2D eigenvalue weighted by molar-refractivity contribution is 0.347. The molecular weight excluding hydrogens is 252 g/mol. The van der Waals surface area contributed by atoms with Crippen LogP contribution in [0.3, 0.4) is 0 Å². The van der Waals surface area contributed by atoms with Crippen LogP contribution in [0.4, 0.5) is 0 Å². The summed E-state index contributed by atoms with van der Waals surface area (Å²) < 4.78 is 27.0. The van der Waals surface area contributed by atoms with Gasteiger partial charge in [-0.05, 0) is 24.3 Å². The summed E-state index contributed by atoms with van der Waals surface area (Å²) in [7, 11) is 1.44. The van der Waals surface area contributed by atoms with Gasteiger partial charge in [-0.25, -0.2) is 8.42 Å². The number of hydrogen-bond donors (Lipinski definition) is 1. The Morgan fingerprint density at radius 3 is 2.38 bits per heavy atom. The molecule has 0 saturated heterocycles. The predicted molar refractivity (Wildman–Crippen MR) is 59.8 cm³/mol. The minimum absolute atomic E-state index is 0.0166. The van der Waals surface area contributed by atoms with Gasteiger partial charge >= 0.3 is 0 Å². The lowest BCUT2D eigenvalue weighted by Gasteiger charge is -2.02. The van der Waals surface area contributed by atoms with Gasteiger partial charge < -0.3 is 9.84 Å². The molecule has 1 rings (SSSR count). The fraction of sp³-hybridized carbons (Fsp3) is 0.200. The second kappa shape index (κ2) is 5.75. The highest BCUT2D eigenvalue weighted by Crippen LogP contribution is 2.18. The molecule has 0 heterocycles. The van der Waals surface area contributed by atoms with Crippen LogP contribution >= 0.6 is 10.7 Å². The monoisotopic (exact) mass is 260 g/mol. The van der Waals surface area contributed by atoms with E-state index >= 15 is 0 Å². The molecule has 0 aliphatic carbocycles.